The van der Waals surface area contributed by atoms with Crippen molar-refractivity contribution < 1.29 is 13.2 Å². The van der Waals surface area contributed by atoms with E-state index >= 15 is 0 Å². The standard InChI is InChI=1S/C21H27N5O4S/c1-14-4-5-17-13-15(2)19-23-25(21(28)26(19)18(17)12-14)11-8-22-20(27)16-6-9-24(10-7-16)31(3,29)30/h4-5,12-13,16H,6-11H2,1-3H3,(H,22,27). The number of sulfonamides is 1. The summed E-state index contributed by atoms with van der Waals surface area (Å²) in [7, 11) is -3.21. The number of benzene rings is 1. The van der Waals surface area contributed by atoms with E-state index in [0.717, 1.165) is 22.0 Å². The highest BCUT2D eigenvalue weighted by Gasteiger charge is 2.28. The van der Waals surface area contributed by atoms with Crippen molar-refractivity contribution >= 4 is 32.5 Å². The first-order valence-corrected chi connectivity index (χ1v) is 12.2. The molecule has 0 saturated carbocycles. The summed E-state index contributed by atoms with van der Waals surface area (Å²) in [4.78, 5) is 25.5. The summed E-state index contributed by atoms with van der Waals surface area (Å²) < 4.78 is 27.6. The van der Waals surface area contributed by atoms with Crippen molar-refractivity contribution in [1.29, 1.82) is 0 Å². The van der Waals surface area contributed by atoms with Gasteiger partial charge in [-0.2, -0.15) is 0 Å². The molecule has 1 aromatic carbocycles. The quantitative estimate of drug-likeness (QED) is 0.632. The third-order valence-electron chi connectivity index (χ3n) is 5.91. The van der Waals surface area contributed by atoms with Crippen LogP contribution in [0.4, 0.5) is 0 Å². The molecule has 0 atom stereocenters. The van der Waals surface area contributed by atoms with E-state index in [1.54, 1.807) is 4.40 Å². The van der Waals surface area contributed by atoms with Crippen molar-refractivity contribution in [1.82, 2.24) is 23.8 Å². The molecule has 0 spiro atoms. The Labute approximate surface area is 180 Å². The number of fused-ring (bicyclic) bond motifs is 3. The highest BCUT2D eigenvalue weighted by atomic mass is 32.2. The molecule has 1 saturated heterocycles. The molecule has 3 heterocycles. The zero-order valence-corrected chi connectivity index (χ0v) is 18.8. The molecule has 1 aliphatic heterocycles. The topological polar surface area (TPSA) is 106 Å². The highest BCUT2D eigenvalue weighted by molar-refractivity contribution is 7.88. The summed E-state index contributed by atoms with van der Waals surface area (Å²) in [6.07, 6.45) is 2.18. The van der Waals surface area contributed by atoms with E-state index < -0.39 is 10.0 Å². The average molecular weight is 446 g/mol. The first kappa shape index (κ1) is 21.5. The zero-order chi connectivity index (χ0) is 22.3. The minimum Gasteiger partial charge on any atom is -0.354 e. The van der Waals surface area contributed by atoms with Gasteiger partial charge in [0.25, 0.3) is 0 Å². The molecule has 1 amide bonds. The van der Waals surface area contributed by atoms with E-state index in [4.69, 9.17) is 0 Å². The van der Waals surface area contributed by atoms with E-state index in [1.807, 2.05) is 38.1 Å². The fourth-order valence-corrected chi connectivity index (χ4v) is 5.05. The number of nitrogens with zero attached hydrogens (tertiary/aromatic N) is 4. The van der Waals surface area contributed by atoms with Crippen molar-refractivity contribution in [2.75, 3.05) is 25.9 Å². The van der Waals surface area contributed by atoms with Gasteiger partial charge in [0.15, 0.2) is 5.65 Å². The van der Waals surface area contributed by atoms with Crippen LogP contribution in [0, 0.1) is 19.8 Å². The molecule has 0 aliphatic carbocycles. The van der Waals surface area contributed by atoms with Crippen LogP contribution >= 0.6 is 0 Å². The molecular formula is C21H27N5O4S. The first-order valence-electron chi connectivity index (χ1n) is 10.4. The molecule has 9 nitrogen and oxygen atoms in total. The zero-order valence-electron chi connectivity index (χ0n) is 18.0. The Hall–Kier alpha value is -2.72. The van der Waals surface area contributed by atoms with Gasteiger partial charge in [-0.3, -0.25) is 4.79 Å². The summed E-state index contributed by atoms with van der Waals surface area (Å²) in [5.41, 5.74) is 3.17. The molecule has 1 N–H and O–H groups in total. The largest absolute Gasteiger partial charge is 0.354 e. The fraction of sp³-hybridized carbons (Fsp3) is 0.476. The van der Waals surface area contributed by atoms with Crippen molar-refractivity contribution in [3.63, 3.8) is 0 Å². The molecule has 31 heavy (non-hydrogen) atoms. The fourth-order valence-electron chi connectivity index (χ4n) is 4.17. The van der Waals surface area contributed by atoms with Crippen LogP contribution in [0.3, 0.4) is 0 Å². The maximum absolute atomic E-state index is 13.0. The van der Waals surface area contributed by atoms with E-state index in [-0.39, 0.29) is 30.6 Å². The van der Waals surface area contributed by atoms with Gasteiger partial charge in [-0.05, 0) is 55.3 Å². The van der Waals surface area contributed by atoms with Crippen LogP contribution in [0.15, 0.2) is 29.1 Å². The molecule has 4 rings (SSSR count). The lowest BCUT2D eigenvalue weighted by Crippen LogP contribution is -2.43. The monoisotopic (exact) mass is 445 g/mol. The van der Waals surface area contributed by atoms with Crippen molar-refractivity contribution in [3.8, 4) is 0 Å². The molecule has 0 bridgehead atoms. The highest BCUT2D eigenvalue weighted by Crippen LogP contribution is 2.20. The van der Waals surface area contributed by atoms with Gasteiger partial charge >= 0.3 is 5.69 Å². The number of pyridine rings is 1. The van der Waals surface area contributed by atoms with E-state index in [0.29, 0.717) is 31.6 Å². The molecule has 0 unspecified atom stereocenters. The summed E-state index contributed by atoms with van der Waals surface area (Å²) >= 11 is 0. The van der Waals surface area contributed by atoms with Crippen LogP contribution in [-0.4, -0.2) is 58.7 Å². The minimum atomic E-state index is -3.21. The molecule has 2 aromatic heterocycles. The van der Waals surface area contributed by atoms with Gasteiger partial charge in [0.05, 0.1) is 18.3 Å². The molecule has 0 radical (unpaired) electrons. The number of carbonyl (C=O) groups is 1. The van der Waals surface area contributed by atoms with Crippen LogP contribution in [0.25, 0.3) is 16.6 Å². The maximum atomic E-state index is 13.0. The smallest absolute Gasteiger partial charge is 0.350 e. The van der Waals surface area contributed by atoms with Gasteiger partial charge in [-0.25, -0.2) is 26.6 Å². The van der Waals surface area contributed by atoms with Gasteiger partial charge in [-0.1, -0.05) is 12.1 Å². The number of hydrogen-bond donors (Lipinski definition) is 1. The number of carbonyl (C=O) groups excluding carboxylic acids is 1. The summed E-state index contributed by atoms with van der Waals surface area (Å²) in [6, 6.07) is 8.00. The lowest BCUT2D eigenvalue weighted by atomic mass is 9.97. The molecule has 3 aromatic rings. The Morgan fingerprint density at radius 1 is 1.19 bits per heavy atom. The predicted molar refractivity (Wildman–Crippen MR) is 119 cm³/mol. The first-order chi connectivity index (χ1) is 14.6. The summed E-state index contributed by atoms with van der Waals surface area (Å²) in [5, 5.41) is 8.33. The van der Waals surface area contributed by atoms with Crippen LogP contribution in [0.2, 0.25) is 0 Å². The minimum absolute atomic E-state index is 0.109. The second kappa shape index (κ2) is 8.08. The number of aromatic nitrogens is 3. The SMILES string of the molecule is Cc1ccc2cc(C)c3nn(CCNC(=O)C4CCN(S(C)(=O)=O)CC4)c(=O)n3c2c1. The van der Waals surface area contributed by atoms with Crippen LogP contribution in [-0.2, 0) is 21.4 Å². The number of piperidine rings is 1. The second-order valence-electron chi connectivity index (χ2n) is 8.28. The van der Waals surface area contributed by atoms with Crippen molar-refractivity contribution in [3.05, 3.63) is 45.9 Å². The molecule has 166 valence electrons. The Bertz CT molecular complexity index is 1320. The Morgan fingerprint density at radius 3 is 2.58 bits per heavy atom. The molecule has 1 aliphatic rings. The van der Waals surface area contributed by atoms with Crippen LogP contribution < -0.4 is 11.0 Å². The third kappa shape index (κ3) is 4.22. The number of hydrogen-bond acceptors (Lipinski definition) is 5. The molecule has 1 fully saturated rings. The van der Waals surface area contributed by atoms with E-state index in [9.17, 15) is 18.0 Å². The van der Waals surface area contributed by atoms with Gasteiger partial charge in [0.2, 0.25) is 15.9 Å². The molecule has 10 heteroatoms. The number of rotatable bonds is 5. The van der Waals surface area contributed by atoms with Crippen molar-refractivity contribution in [2.24, 2.45) is 5.92 Å². The lowest BCUT2D eigenvalue weighted by Gasteiger charge is -2.29. The average Bonchev–Trinajstić information content (AvgIpc) is 3.05. The lowest BCUT2D eigenvalue weighted by molar-refractivity contribution is -0.126. The van der Waals surface area contributed by atoms with Crippen LogP contribution in [0.5, 0.6) is 0 Å². The number of amides is 1. The number of nitrogens with one attached hydrogen (secondary N) is 1. The third-order valence-corrected chi connectivity index (χ3v) is 7.21. The Kier molecular flexibility index (Phi) is 5.61. The summed E-state index contributed by atoms with van der Waals surface area (Å²) in [5.74, 6) is -0.327. The van der Waals surface area contributed by atoms with Crippen molar-refractivity contribution in [2.45, 2.75) is 33.2 Å². The van der Waals surface area contributed by atoms with E-state index in [1.165, 1.54) is 15.2 Å². The Morgan fingerprint density at radius 2 is 1.90 bits per heavy atom. The second-order valence-corrected chi connectivity index (χ2v) is 10.3. The van der Waals surface area contributed by atoms with Gasteiger partial charge in [0.1, 0.15) is 0 Å². The number of aryl methyl sites for hydroxylation is 2. The summed E-state index contributed by atoms with van der Waals surface area (Å²) in [6.45, 7) is 5.17. The normalized spacial score (nSPS) is 16.2. The van der Waals surface area contributed by atoms with Gasteiger partial charge in [-0.15, -0.1) is 5.10 Å². The van der Waals surface area contributed by atoms with Gasteiger partial charge in [0, 0.05) is 25.6 Å². The molecular weight excluding hydrogens is 418 g/mol. The Balaban J connectivity index is 1.45. The maximum Gasteiger partial charge on any atom is 0.350 e. The van der Waals surface area contributed by atoms with E-state index in [2.05, 4.69) is 10.4 Å². The predicted octanol–water partition coefficient (Wildman–Crippen LogP) is 1.05. The van der Waals surface area contributed by atoms with Crippen LogP contribution in [0.1, 0.15) is 24.0 Å². The van der Waals surface area contributed by atoms with Gasteiger partial charge < -0.3 is 5.32 Å².